The van der Waals surface area contributed by atoms with Gasteiger partial charge in [-0.05, 0) is 31.0 Å². The molecule has 0 saturated carbocycles. The number of pyridine rings is 1. The molecule has 2 aromatic rings. The molecule has 6 heteroatoms. The summed E-state index contributed by atoms with van der Waals surface area (Å²) in [6.45, 7) is 4.27. The number of hydrogen-bond acceptors (Lipinski definition) is 3. The van der Waals surface area contributed by atoms with Crippen molar-refractivity contribution in [2.24, 2.45) is 4.99 Å². The molecule has 2 N–H and O–H groups in total. The van der Waals surface area contributed by atoms with Crippen molar-refractivity contribution in [3.05, 3.63) is 59.9 Å². The van der Waals surface area contributed by atoms with Gasteiger partial charge >= 0.3 is 0 Å². The number of nitrogens with one attached hydrogen (secondary N) is 2. The molecule has 1 aromatic carbocycles. The van der Waals surface area contributed by atoms with E-state index in [1.165, 1.54) is 5.56 Å². The molecule has 1 aromatic heterocycles. The molecule has 0 amide bonds. The number of nitrogens with zero attached hydrogens (tertiary/aromatic N) is 2. The Morgan fingerprint density at radius 3 is 2.71 bits per heavy atom. The van der Waals surface area contributed by atoms with Crippen LogP contribution in [0.2, 0.25) is 0 Å². The molecule has 5 nitrogen and oxygen atoms in total. The number of aromatic nitrogens is 1. The van der Waals surface area contributed by atoms with Gasteiger partial charge in [-0.2, -0.15) is 0 Å². The quantitative estimate of drug-likeness (QED) is 0.395. The molecule has 0 unspecified atom stereocenters. The van der Waals surface area contributed by atoms with Gasteiger partial charge < -0.3 is 15.4 Å². The van der Waals surface area contributed by atoms with Crippen molar-refractivity contribution in [2.75, 3.05) is 20.2 Å². The normalized spacial score (nSPS) is 10.7. The third kappa shape index (κ3) is 6.74. The largest absolute Gasteiger partial charge is 0.496 e. The van der Waals surface area contributed by atoms with E-state index in [1.807, 2.05) is 36.5 Å². The highest BCUT2D eigenvalue weighted by Gasteiger charge is 2.02. The fraction of sp³-hybridized carbons (Fsp3) is 0.333. The SMILES string of the molecule is CCNC(=NCc1ccccc1OC)NCCc1cccnc1.I. The third-order valence-corrected chi connectivity index (χ3v) is 3.37. The van der Waals surface area contributed by atoms with Crippen LogP contribution in [-0.4, -0.2) is 31.1 Å². The van der Waals surface area contributed by atoms with Crippen molar-refractivity contribution in [2.45, 2.75) is 19.9 Å². The Morgan fingerprint density at radius 1 is 1.17 bits per heavy atom. The topological polar surface area (TPSA) is 58.5 Å². The minimum atomic E-state index is 0. The molecule has 0 radical (unpaired) electrons. The van der Waals surface area contributed by atoms with Crippen LogP contribution in [0.4, 0.5) is 0 Å². The van der Waals surface area contributed by atoms with Crippen molar-refractivity contribution in [1.29, 1.82) is 0 Å². The van der Waals surface area contributed by atoms with Gasteiger partial charge in [0, 0.05) is 31.0 Å². The summed E-state index contributed by atoms with van der Waals surface area (Å²) in [6, 6.07) is 12.0. The monoisotopic (exact) mass is 440 g/mol. The van der Waals surface area contributed by atoms with Gasteiger partial charge in [-0.1, -0.05) is 24.3 Å². The highest BCUT2D eigenvalue weighted by atomic mass is 127. The van der Waals surface area contributed by atoms with E-state index in [1.54, 1.807) is 13.3 Å². The standard InChI is InChI=1S/C18H24N4O.HI/c1-3-20-18(21-12-10-15-7-6-11-19-13-15)22-14-16-8-4-5-9-17(16)23-2;/h4-9,11,13H,3,10,12,14H2,1-2H3,(H2,20,21,22);1H. The van der Waals surface area contributed by atoms with E-state index in [4.69, 9.17) is 4.74 Å². The Hall–Kier alpha value is -1.83. The van der Waals surface area contributed by atoms with Crippen LogP contribution in [-0.2, 0) is 13.0 Å². The zero-order chi connectivity index (χ0) is 16.3. The first-order valence-corrected chi connectivity index (χ1v) is 7.86. The van der Waals surface area contributed by atoms with Gasteiger partial charge in [0.15, 0.2) is 5.96 Å². The van der Waals surface area contributed by atoms with E-state index in [0.29, 0.717) is 6.54 Å². The second-order valence-corrected chi connectivity index (χ2v) is 5.05. The molecule has 1 heterocycles. The summed E-state index contributed by atoms with van der Waals surface area (Å²) in [5, 5.41) is 6.61. The van der Waals surface area contributed by atoms with Gasteiger partial charge in [-0.15, -0.1) is 24.0 Å². The zero-order valence-corrected chi connectivity index (χ0v) is 16.5. The molecule has 24 heavy (non-hydrogen) atoms. The van der Waals surface area contributed by atoms with Crippen LogP contribution in [0.5, 0.6) is 5.75 Å². The summed E-state index contributed by atoms with van der Waals surface area (Å²) in [5.41, 5.74) is 2.28. The van der Waals surface area contributed by atoms with Crippen LogP contribution in [0.3, 0.4) is 0 Å². The number of rotatable bonds is 7. The number of para-hydroxylation sites is 1. The third-order valence-electron chi connectivity index (χ3n) is 3.37. The second kappa shape index (κ2) is 11.7. The maximum atomic E-state index is 5.36. The van der Waals surface area contributed by atoms with Crippen LogP contribution in [0.25, 0.3) is 0 Å². The Bertz CT molecular complexity index is 619. The molecule has 0 aliphatic carbocycles. The first-order valence-electron chi connectivity index (χ1n) is 7.86. The lowest BCUT2D eigenvalue weighted by molar-refractivity contribution is 0.410. The highest BCUT2D eigenvalue weighted by Crippen LogP contribution is 2.17. The van der Waals surface area contributed by atoms with Crippen molar-refractivity contribution in [3.8, 4) is 5.75 Å². The fourth-order valence-electron chi connectivity index (χ4n) is 2.21. The molecule has 0 bridgehead atoms. The van der Waals surface area contributed by atoms with E-state index in [9.17, 15) is 0 Å². The number of halogens is 1. The zero-order valence-electron chi connectivity index (χ0n) is 14.2. The predicted molar refractivity (Wildman–Crippen MR) is 109 cm³/mol. The lowest BCUT2D eigenvalue weighted by atomic mass is 10.2. The average Bonchev–Trinajstić information content (AvgIpc) is 2.61. The summed E-state index contributed by atoms with van der Waals surface area (Å²) in [7, 11) is 1.68. The summed E-state index contributed by atoms with van der Waals surface area (Å²) < 4.78 is 5.36. The van der Waals surface area contributed by atoms with Gasteiger partial charge in [0.1, 0.15) is 5.75 Å². The molecule has 0 atom stereocenters. The summed E-state index contributed by atoms with van der Waals surface area (Å²) >= 11 is 0. The second-order valence-electron chi connectivity index (χ2n) is 5.05. The molecule has 0 fully saturated rings. The van der Waals surface area contributed by atoms with Gasteiger partial charge in [0.2, 0.25) is 0 Å². The van der Waals surface area contributed by atoms with Crippen molar-refractivity contribution < 1.29 is 4.74 Å². The van der Waals surface area contributed by atoms with Crippen LogP contribution in [0, 0.1) is 0 Å². The Labute approximate surface area is 161 Å². The minimum absolute atomic E-state index is 0. The molecule has 0 spiro atoms. The van der Waals surface area contributed by atoms with Crippen molar-refractivity contribution in [3.63, 3.8) is 0 Å². The number of aliphatic imine (C=N–C) groups is 1. The number of ether oxygens (including phenoxy) is 1. The Balaban J connectivity index is 0.00000288. The molecular weight excluding hydrogens is 415 g/mol. The first kappa shape index (κ1) is 20.2. The lowest BCUT2D eigenvalue weighted by Gasteiger charge is -2.12. The Morgan fingerprint density at radius 2 is 2.00 bits per heavy atom. The first-order chi connectivity index (χ1) is 11.3. The highest BCUT2D eigenvalue weighted by molar-refractivity contribution is 14.0. The van der Waals surface area contributed by atoms with E-state index >= 15 is 0 Å². The summed E-state index contributed by atoms with van der Waals surface area (Å²) in [5.74, 6) is 1.67. The van der Waals surface area contributed by atoms with E-state index in [-0.39, 0.29) is 24.0 Å². The van der Waals surface area contributed by atoms with Crippen LogP contribution >= 0.6 is 24.0 Å². The van der Waals surface area contributed by atoms with Gasteiger partial charge in [-0.3, -0.25) is 4.98 Å². The molecule has 2 rings (SSSR count). The maximum Gasteiger partial charge on any atom is 0.191 e. The molecule has 0 aliphatic rings. The summed E-state index contributed by atoms with van der Waals surface area (Å²) in [6.07, 6.45) is 4.59. The predicted octanol–water partition coefficient (Wildman–Crippen LogP) is 3.01. The summed E-state index contributed by atoms with van der Waals surface area (Å²) in [4.78, 5) is 8.75. The molecular formula is C18H25IN4O. The number of methoxy groups -OCH3 is 1. The van der Waals surface area contributed by atoms with Crippen molar-refractivity contribution in [1.82, 2.24) is 15.6 Å². The average molecular weight is 440 g/mol. The number of guanidine groups is 1. The number of hydrogen-bond donors (Lipinski definition) is 2. The van der Waals surface area contributed by atoms with Crippen LogP contribution in [0.15, 0.2) is 53.8 Å². The van der Waals surface area contributed by atoms with Gasteiger partial charge in [0.25, 0.3) is 0 Å². The maximum absolute atomic E-state index is 5.36. The van der Waals surface area contributed by atoms with Gasteiger partial charge in [0.05, 0.1) is 13.7 Å². The smallest absolute Gasteiger partial charge is 0.191 e. The Kier molecular flexibility index (Phi) is 9.83. The molecule has 0 aliphatic heterocycles. The van der Waals surface area contributed by atoms with Crippen LogP contribution in [0.1, 0.15) is 18.1 Å². The number of benzene rings is 1. The minimum Gasteiger partial charge on any atom is -0.496 e. The van der Waals surface area contributed by atoms with Crippen molar-refractivity contribution >= 4 is 29.9 Å². The van der Waals surface area contributed by atoms with Crippen LogP contribution < -0.4 is 15.4 Å². The molecule has 0 saturated heterocycles. The van der Waals surface area contributed by atoms with Gasteiger partial charge in [-0.25, -0.2) is 4.99 Å². The lowest BCUT2D eigenvalue weighted by Crippen LogP contribution is -2.38. The fourth-order valence-corrected chi connectivity index (χ4v) is 2.21. The van der Waals surface area contributed by atoms with E-state index in [2.05, 4.69) is 33.6 Å². The molecule has 130 valence electrons. The van der Waals surface area contributed by atoms with E-state index < -0.39 is 0 Å². The van der Waals surface area contributed by atoms with E-state index in [0.717, 1.165) is 36.8 Å².